The molecule has 1 unspecified atom stereocenters. The highest BCUT2D eigenvalue weighted by Gasteiger charge is 2.22. The predicted octanol–water partition coefficient (Wildman–Crippen LogP) is 2.93. The molecule has 0 saturated heterocycles. The van der Waals surface area contributed by atoms with Gasteiger partial charge in [-0.15, -0.1) is 0 Å². The van der Waals surface area contributed by atoms with Crippen molar-refractivity contribution in [3.63, 3.8) is 0 Å². The summed E-state index contributed by atoms with van der Waals surface area (Å²) in [5.74, 6) is 1.21. The zero-order valence-corrected chi connectivity index (χ0v) is 10.4. The summed E-state index contributed by atoms with van der Waals surface area (Å²) in [5.41, 5.74) is 4.58. The largest absolute Gasteiger partial charge is 0.309 e. The van der Waals surface area contributed by atoms with Gasteiger partial charge in [-0.25, -0.2) is 0 Å². The van der Waals surface area contributed by atoms with E-state index in [0.29, 0.717) is 6.04 Å². The van der Waals surface area contributed by atoms with E-state index >= 15 is 0 Å². The molecule has 0 aromatic heterocycles. The van der Waals surface area contributed by atoms with Crippen LogP contribution in [0.25, 0.3) is 0 Å². The van der Waals surface area contributed by atoms with Gasteiger partial charge in [-0.2, -0.15) is 11.8 Å². The van der Waals surface area contributed by atoms with Crippen molar-refractivity contribution in [3.8, 4) is 0 Å². The van der Waals surface area contributed by atoms with Crippen LogP contribution in [0.3, 0.4) is 0 Å². The first-order chi connectivity index (χ1) is 7.33. The van der Waals surface area contributed by atoms with E-state index in [1.807, 2.05) is 11.8 Å². The second kappa shape index (κ2) is 5.04. The topological polar surface area (TPSA) is 12.0 Å². The van der Waals surface area contributed by atoms with Crippen molar-refractivity contribution in [2.45, 2.75) is 25.8 Å². The molecular weight excluding hydrogens is 202 g/mol. The number of aryl methyl sites for hydroxylation is 1. The molecule has 1 N–H and O–H groups in total. The van der Waals surface area contributed by atoms with Crippen LogP contribution in [0.4, 0.5) is 0 Å². The smallest absolute Gasteiger partial charge is 0.0326 e. The lowest BCUT2D eigenvalue weighted by Gasteiger charge is -2.13. The molecule has 0 bridgehead atoms. The van der Waals surface area contributed by atoms with Crippen LogP contribution in [-0.2, 0) is 6.42 Å². The van der Waals surface area contributed by atoms with Crippen molar-refractivity contribution in [1.29, 1.82) is 0 Å². The zero-order chi connectivity index (χ0) is 10.7. The number of fused-ring (bicyclic) bond motifs is 1. The summed E-state index contributed by atoms with van der Waals surface area (Å²) < 4.78 is 0. The van der Waals surface area contributed by atoms with Crippen molar-refractivity contribution < 1.29 is 0 Å². The normalized spacial score (nSPS) is 19.2. The van der Waals surface area contributed by atoms with E-state index in [4.69, 9.17) is 0 Å². The van der Waals surface area contributed by atoms with Crippen molar-refractivity contribution in [3.05, 3.63) is 34.9 Å². The van der Waals surface area contributed by atoms with Gasteiger partial charge in [-0.3, -0.25) is 0 Å². The first-order valence-corrected chi connectivity index (χ1v) is 7.03. The van der Waals surface area contributed by atoms with Crippen LogP contribution in [0.5, 0.6) is 0 Å². The maximum Gasteiger partial charge on any atom is 0.0326 e. The Morgan fingerprint density at radius 3 is 3.13 bits per heavy atom. The Bertz CT molecular complexity index is 335. The molecule has 0 radical (unpaired) electrons. The standard InChI is InChI=1S/C13H19NS/c1-10-4-3-5-12-11(10)6-7-13(12)14-8-9-15-2/h3-5,13-14H,6-9H2,1-2H3. The number of hydrogen-bond donors (Lipinski definition) is 1. The van der Waals surface area contributed by atoms with E-state index in [-0.39, 0.29) is 0 Å². The highest BCUT2D eigenvalue weighted by atomic mass is 32.2. The lowest BCUT2D eigenvalue weighted by molar-refractivity contribution is 0.552. The summed E-state index contributed by atoms with van der Waals surface area (Å²) >= 11 is 1.91. The van der Waals surface area contributed by atoms with E-state index in [1.54, 1.807) is 5.56 Å². The Balaban J connectivity index is 2.05. The lowest BCUT2D eigenvalue weighted by Crippen LogP contribution is -2.21. The fraction of sp³-hybridized carbons (Fsp3) is 0.538. The maximum atomic E-state index is 3.65. The first kappa shape index (κ1) is 11.0. The lowest BCUT2D eigenvalue weighted by atomic mass is 10.0. The Morgan fingerprint density at radius 1 is 1.47 bits per heavy atom. The van der Waals surface area contributed by atoms with E-state index in [0.717, 1.165) is 6.54 Å². The number of hydrogen-bond acceptors (Lipinski definition) is 2. The maximum absolute atomic E-state index is 3.65. The summed E-state index contributed by atoms with van der Waals surface area (Å²) in [7, 11) is 0. The van der Waals surface area contributed by atoms with Gasteiger partial charge in [0.25, 0.3) is 0 Å². The summed E-state index contributed by atoms with van der Waals surface area (Å²) in [6.07, 6.45) is 4.68. The summed E-state index contributed by atoms with van der Waals surface area (Å²) in [4.78, 5) is 0. The third-order valence-electron chi connectivity index (χ3n) is 3.20. The number of nitrogens with one attached hydrogen (secondary N) is 1. The van der Waals surface area contributed by atoms with Crippen molar-refractivity contribution in [2.75, 3.05) is 18.6 Å². The van der Waals surface area contributed by atoms with Crippen molar-refractivity contribution in [1.82, 2.24) is 5.32 Å². The van der Waals surface area contributed by atoms with E-state index in [9.17, 15) is 0 Å². The molecule has 2 rings (SSSR count). The van der Waals surface area contributed by atoms with E-state index in [1.165, 1.54) is 29.7 Å². The van der Waals surface area contributed by atoms with Crippen LogP contribution in [-0.4, -0.2) is 18.6 Å². The molecule has 0 aliphatic heterocycles. The van der Waals surface area contributed by atoms with Gasteiger partial charge in [0.2, 0.25) is 0 Å². The molecule has 0 spiro atoms. The molecule has 1 aliphatic carbocycles. The summed E-state index contributed by atoms with van der Waals surface area (Å²) in [6, 6.07) is 7.30. The van der Waals surface area contributed by atoms with Crippen LogP contribution in [0, 0.1) is 6.92 Å². The average Bonchev–Trinajstić information content (AvgIpc) is 2.64. The zero-order valence-electron chi connectivity index (χ0n) is 9.55. The van der Waals surface area contributed by atoms with Crippen LogP contribution in [0.15, 0.2) is 18.2 Å². The van der Waals surface area contributed by atoms with Crippen molar-refractivity contribution in [2.24, 2.45) is 0 Å². The molecule has 1 aromatic rings. The Morgan fingerprint density at radius 2 is 2.33 bits per heavy atom. The van der Waals surface area contributed by atoms with Crippen LogP contribution in [0.1, 0.15) is 29.2 Å². The molecule has 15 heavy (non-hydrogen) atoms. The van der Waals surface area contributed by atoms with E-state index < -0.39 is 0 Å². The van der Waals surface area contributed by atoms with Gasteiger partial charge in [0.1, 0.15) is 0 Å². The first-order valence-electron chi connectivity index (χ1n) is 5.63. The molecular formula is C13H19NS. The van der Waals surface area contributed by atoms with Gasteiger partial charge < -0.3 is 5.32 Å². The number of rotatable bonds is 4. The second-order valence-electron chi connectivity index (χ2n) is 4.18. The molecule has 82 valence electrons. The molecule has 0 amide bonds. The third kappa shape index (κ3) is 2.37. The van der Waals surface area contributed by atoms with Gasteiger partial charge in [-0.05, 0) is 42.7 Å². The highest BCUT2D eigenvalue weighted by Crippen LogP contribution is 2.32. The SMILES string of the molecule is CSCCNC1CCc2c(C)cccc21. The molecule has 2 heteroatoms. The Labute approximate surface area is 96.7 Å². The van der Waals surface area contributed by atoms with Gasteiger partial charge >= 0.3 is 0 Å². The van der Waals surface area contributed by atoms with Crippen LogP contribution >= 0.6 is 11.8 Å². The highest BCUT2D eigenvalue weighted by molar-refractivity contribution is 7.98. The Kier molecular flexibility index (Phi) is 3.71. The van der Waals surface area contributed by atoms with Gasteiger partial charge in [-0.1, -0.05) is 18.2 Å². The summed E-state index contributed by atoms with van der Waals surface area (Å²) in [6.45, 7) is 3.35. The minimum atomic E-state index is 0.604. The average molecular weight is 221 g/mol. The van der Waals surface area contributed by atoms with Gasteiger partial charge in [0, 0.05) is 18.3 Å². The molecule has 0 saturated carbocycles. The molecule has 0 heterocycles. The minimum Gasteiger partial charge on any atom is -0.309 e. The van der Waals surface area contributed by atoms with Crippen LogP contribution < -0.4 is 5.32 Å². The summed E-state index contributed by atoms with van der Waals surface area (Å²) in [5, 5.41) is 3.65. The third-order valence-corrected chi connectivity index (χ3v) is 3.81. The second-order valence-corrected chi connectivity index (χ2v) is 5.17. The van der Waals surface area contributed by atoms with Crippen molar-refractivity contribution >= 4 is 11.8 Å². The van der Waals surface area contributed by atoms with Gasteiger partial charge in [0.05, 0.1) is 0 Å². The quantitative estimate of drug-likeness (QED) is 0.785. The number of benzene rings is 1. The fourth-order valence-corrected chi connectivity index (χ4v) is 2.71. The predicted molar refractivity (Wildman–Crippen MR) is 68.6 cm³/mol. The van der Waals surface area contributed by atoms with E-state index in [2.05, 4.69) is 36.7 Å². The van der Waals surface area contributed by atoms with Crippen LogP contribution in [0.2, 0.25) is 0 Å². The number of thioether (sulfide) groups is 1. The Hall–Kier alpha value is -0.470. The fourth-order valence-electron chi connectivity index (χ4n) is 2.38. The molecule has 1 aliphatic rings. The molecule has 1 aromatic carbocycles. The molecule has 1 atom stereocenters. The molecule has 1 nitrogen and oxygen atoms in total. The monoisotopic (exact) mass is 221 g/mol. The van der Waals surface area contributed by atoms with Gasteiger partial charge in [0.15, 0.2) is 0 Å². The minimum absolute atomic E-state index is 0.604. The molecule has 0 fully saturated rings.